The van der Waals surface area contributed by atoms with Crippen molar-refractivity contribution in [3.8, 4) is 0 Å². The summed E-state index contributed by atoms with van der Waals surface area (Å²) in [6.45, 7) is 2.25. The summed E-state index contributed by atoms with van der Waals surface area (Å²) in [7, 11) is -2.86. The lowest BCUT2D eigenvalue weighted by molar-refractivity contribution is 0.591. The molecule has 0 unspecified atom stereocenters. The molecule has 1 saturated carbocycles. The van der Waals surface area contributed by atoms with Crippen LogP contribution >= 0.6 is 52.3 Å². The highest BCUT2D eigenvalue weighted by atomic mass is 127. The van der Waals surface area contributed by atoms with Crippen molar-refractivity contribution in [1.29, 1.82) is 0 Å². The van der Waals surface area contributed by atoms with Crippen LogP contribution in [0, 0.1) is 0 Å². The van der Waals surface area contributed by atoms with Crippen LogP contribution in [-0.4, -0.2) is 0 Å². The molecule has 0 bridgehead atoms. The second-order valence-electron chi connectivity index (χ2n) is 7.24. The lowest BCUT2D eigenvalue weighted by atomic mass is 9.90. The van der Waals surface area contributed by atoms with Gasteiger partial charge < -0.3 is 4.57 Å². The molecule has 148 valence electrons. The maximum atomic E-state index is 14.7. The van der Waals surface area contributed by atoms with Gasteiger partial charge in [-0.3, -0.25) is 0 Å². The van der Waals surface area contributed by atoms with E-state index in [1.165, 1.54) is 40.4 Å². The van der Waals surface area contributed by atoms with Crippen LogP contribution < -0.4 is 10.6 Å². The summed E-state index contributed by atoms with van der Waals surface area (Å²) < 4.78 is 17.2. The van der Waals surface area contributed by atoms with Gasteiger partial charge in [-0.2, -0.15) is 0 Å². The smallest absolute Gasteiger partial charge is 0.177 e. The zero-order valence-corrected chi connectivity index (χ0v) is 21.5. The van der Waals surface area contributed by atoms with Gasteiger partial charge in [0.15, 0.2) is 7.14 Å². The average Bonchev–Trinajstić information content (AvgIpc) is 2.77. The van der Waals surface area contributed by atoms with Crippen LogP contribution in [-0.2, 0) is 4.57 Å². The standard InChI is InChI=1S/C24H27I2OP/c1-2-3-18-23(25)21-16-10-11-17-22(21)24(26)28(27,19-12-6-4-7-13-19)20-14-8-5-9-15-20/h4-9,12-15H,2-3,10-11,16-18H2,1H3/b23-21-,24-22+. The summed E-state index contributed by atoms with van der Waals surface area (Å²) in [5.41, 5.74) is 2.82. The molecule has 0 aliphatic heterocycles. The van der Waals surface area contributed by atoms with Crippen molar-refractivity contribution in [3.63, 3.8) is 0 Å². The molecule has 1 aliphatic carbocycles. The zero-order chi connectivity index (χ0) is 20.0. The maximum absolute atomic E-state index is 14.7. The molecule has 0 spiro atoms. The van der Waals surface area contributed by atoms with E-state index in [0.29, 0.717) is 0 Å². The molecule has 0 N–H and O–H groups in total. The van der Waals surface area contributed by atoms with Gasteiger partial charge in [0.25, 0.3) is 0 Å². The molecule has 0 aromatic heterocycles. The molecule has 2 aromatic carbocycles. The van der Waals surface area contributed by atoms with Crippen molar-refractivity contribution in [2.24, 2.45) is 0 Å². The summed E-state index contributed by atoms with van der Waals surface area (Å²) in [6, 6.07) is 20.1. The van der Waals surface area contributed by atoms with Gasteiger partial charge in [0.1, 0.15) is 0 Å². The van der Waals surface area contributed by atoms with Crippen molar-refractivity contribution < 1.29 is 4.57 Å². The maximum Gasteiger partial charge on any atom is 0.177 e. The molecular weight excluding hydrogens is 589 g/mol. The van der Waals surface area contributed by atoms with Gasteiger partial charge in [0.05, 0.1) is 3.32 Å². The lowest BCUT2D eigenvalue weighted by Gasteiger charge is -2.27. The fraction of sp³-hybridized carbons (Fsp3) is 0.333. The Morgan fingerprint density at radius 2 is 1.36 bits per heavy atom. The van der Waals surface area contributed by atoms with Crippen LogP contribution in [0.1, 0.15) is 51.9 Å². The topological polar surface area (TPSA) is 17.1 Å². The highest BCUT2D eigenvalue weighted by Gasteiger charge is 2.34. The van der Waals surface area contributed by atoms with Crippen molar-refractivity contribution in [3.05, 3.63) is 78.7 Å². The second-order valence-corrected chi connectivity index (χ2v) is 13.2. The van der Waals surface area contributed by atoms with E-state index in [1.54, 1.807) is 0 Å². The molecule has 0 amide bonds. The van der Waals surface area contributed by atoms with E-state index in [4.69, 9.17) is 0 Å². The Morgan fingerprint density at radius 1 is 0.857 bits per heavy atom. The van der Waals surface area contributed by atoms with Crippen molar-refractivity contribution >= 4 is 62.9 Å². The number of rotatable bonds is 6. The first kappa shape index (κ1) is 22.3. The van der Waals surface area contributed by atoms with Crippen LogP contribution in [0.3, 0.4) is 0 Å². The van der Waals surface area contributed by atoms with E-state index >= 15 is 0 Å². The average molecular weight is 616 g/mol. The van der Waals surface area contributed by atoms with Crippen LogP contribution in [0.4, 0.5) is 0 Å². The number of hydrogen-bond acceptors (Lipinski definition) is 1. The molecule has 0 atom stereocenters. The quantitative estimate of drug-likeness (QED) is 0.237. The predicted molar refractivity (Wildman–Crippen MR) is 140 cm³/mol. The minimum Gasteiger partial charge on any atom is -0.308 e. The summed E-state index contributed by atoms with van der Waals surface area (Å²) in [5.74, 6) is 0. The van der Waals surface area contributed by atoms with E-state index in [9.17, 15) is 4.57 Å². The molecule has 1 nitrogen and oxygen atoms in total. The van der Waals surface area contributed by atoms with E-state index < -0.39 is 7.14 Å². The molecule has 1 aliphatic rings. The van der Waals surface area contributed by atoms with E-state index in [1.807, 2.05) is 60.7 Å². The first-order chi connectivity index (χ1) is 13.6. The van der Waals surface area contributed by atoms with Gasteiger partial charge >= 0.3 is 0 Å². The van der Waals surface area contributed by atoms with Gasteiger partial charge in [0.2, 0.25) is 0 Å². The second kappa shape index (κ2) is 10.6. The molecule has 2 aromatic rings. The Bertz CT molecular complexity index is 857. The first-order valence-electron chi connectivity index (χ1n) is 10.1. The van der Waals surface area contributed by atoms with Crippen molar-refractivity contribution in [2.45, 2.75) is 51.9 Å². The number of benzene rings is 2. The third-order valence-electron chi connectivity index (χ3n) is 5.31. The normalized spacial score (nSPS) is 18.7. The largest absolute Gasteiger partial charge is 0.308 e. The summed E-state index contributed by atoms with van der Waals surface area (Å²) in [4.78, 5) is 0. The van der Waals surface area contributed by atoms with E-state index in [0.717, 1.165) is 33.2 Å². The Balaban J connectivity index is 2.20. The van der Waals surface area contributed by atoms with Crippen LogP contribution in [0.15, 0.2) is 78.7 Å². The Hall–Kier alpha value is -0.390. The third kappa shape index (κ3) is 4.84. The first-order valence-corrected chi connectivity index (χ1v) is 13.9. The van der Waals surface area contributed by atoms with Crippen LogP contribution in [0.25, 0.3) is 0 Å². The fourth-order valence-electron chi connectivity index (χ4n) is 3.76. The predicted octanol–water partition coefficient (Wildman–Crippen LogP) is 8.10. The van der Waals surface area contributed by atoms with Crippen LogP contribution in [0.5, 0.6) is 0 Å². The number of halogens is 2. The lowest BCUT2D eigenvalue weighted by Crippen LogP contribution is -2.17. The molecule has 1 fully saturated rings. The highest BCUT2D eigenvalue weighted by molar-refractivity contribution is 14.1. The Kier molecular flexibility index (Phi) is 8.43. The van der Waals surface area contributed by atoms with Gasteiger partial charge in [-0.05, 0) is 98.4 Å². The molecular formula is C24H27I2OP. The number of allylic oxidation sites excluding steroid dienone is 3. The van der Waals surface area contributed by atoms with Gasteiger partial charge in [-0.1, -0.05) is 74.0 Å². The summed E-state index contributed by atoms with van der Waals surface area (Å²) in [6.07, 6.45) is 8.15. The monoisotopic (exact) mass is 616 g/mol. The Morgan fingerprint density at radius 3 is 1.86 bits per heavy atom. The number of unbranched alkanes of at least 4 members (excludes halogenated alkanes) is 1. The Labute approximate surface area is 196 Å². The minimum absolute atomic E-state index is 0.937. The molecule has 4 heteroatoms. The molecule has 0 heterocycles. The SMILES string of the molecule is CCCC/C(I)=C1\CCCC\C1=C(\I)P(=O)(c1ccccc1)c1ccccc1. The molecule has 28 heavy (non-hydrogen) atoms. The van der Waals surface area contributed by atoms with E-state index in [-0.39, 0.29) is 0 Å². The highest BCUT2D eigenvalue weighted by Crippen LogP contribution is 2.58. The fourth-order valence-corrected chi connectivity index (χ4v) is 9.56. The molecule has 0 saturated heterocycles. The minimum atomic E-state index is -2.86. The third-order valence-corrected chi connectivity index (χ3v) is 12.1. The van der Waals surface area contributed by atoms with Gasteiger partial charge in [-0.15, -0.1) is 0 Å². The number of hydrogen-bond donors (Lipinski definition) is 0. The van der Waals surface area contributed by atoms with Crippen molar-refractivity contribution in [2.75, 3.05) is 0 Å². The summed E-state index contributed by atoms with van der Waals surface area (Å²) in [5, 5.41) is 1.87. The molecule has 0 radical (unpaired) electrons. The van der Waals surface area contributed by atoms with Gasteiger partial charge in [-0.25, -0.2) is 0 Å². The summed E-state index contributed by atoms with van der Waals surface area (Å²) >= 11 is 4.95. The van der Waals surface area contributed by atoms with Gasteiger partial charge in [0, 0.05) is 10.6 Å². The zero-order valence-electron chi connectivity index (χ0n) is 16.3. The molecule has 3 rings (SSSR count). The van der Waals surface area contributed by atoms with Crippen molar-refractivity contribution in [1.82, 2.24) is 0 Å². The van der Waals surface area contributed by atoms with E-state index in [2.05, 4.69) is 52.1 Å². The van der Waals surface area contributed by atoms with Crippen LogP contribution in [0.2, 0.25) is 0 Å².